The van der Waals surface area contributed by atoms with E-state index >= 15 is 0 Å². The molecule has 0 aliphatic heterocycles. The molecule has 0 N–H and O–H groups in total. The Balaban J connectivity index is 1.18. The van der Waals surface area contributed by atoms with Crippen LogP contribution in [-0.2, 0) is 0 Å². The Bertz CT molecular complexity index is 3240. The molecular weight excluding hydrogens is 691 g/mol. The SMILES string of the molecule is c1ccc(-c2ccc(-c3cc4nc(-c5ccc(-c6ccccc6)cc5)c(-n5c6ccccc6c6cc7ccccc7cc65)nc4cc3-c3ccccc3)cc2)cc1. The van der Waals surface area contributed by atoms with Crippen molar-refractivity contribution in [1.29, 1.82) is 0 Å². The van der Waals surface area contributed by atoms with Crippen molar-refractivity contribution in [1.82, 2.24) is 14.5 Å². The van der Waals surface area contributed by atoms with Crippen LogP contribution in [0.4, 0.5) is 0 Å². The van der Waals surface area contributed by atoms with E-state index in [2.05, 4.69) is 217 Å². The molecule has 0 atom stereocenters. The van der Waals surface area contributed by atoms with E-state index in [0.29, 0.717) is 0 Å². The predicted molar refractivity (Wildman–Crippen MR) is 239 cm³/mol. The molecule has 0 saturated heterocycles. The number of rotatable bonds is 6. The summed E-state index contributed by atoms with van der Waals surface area (Å²) in [6.07, 6.45) is 0. The second kappa shape index (κ2) is 13.6. The standard InChI is InChI=1S/C54H35N3/c1-4-14-36(15-5-1)38-24-28-41(29-25-38)47-34-49-50(35-46(47)40-18-8-3-9-19-40)56-54(53(55-49)42-30-26-39(27-31-42)37-16-6-2-7-17-37)57-51-23-13-12-22-45(51)48-32-43-20-10-11-21-44(43)33-52(48)57/h1-35H. The summed E-state index contributed by atoms with van der Waals surface area (Å²) in [5, 5.41) is 4.78. The van der Waals surface area contributed by atoms with Crippen molar-refractivity contribution in [3.8, 4) is 61.6 Å². The molecule has 0 bridgehead atoms. The second-order valence-electron chi connectivity index (χ2n) is 14.6. The molecule has 11 aromatic rings. The van der Waals surface area contributed by atoms with Gasteiger partial charge in [-0.25, -0.2) is 9.97 Å². The molecule has 11 rings (SSSR count). The monoisotopic (exact) mass is 725 g/mol. The molecule has 0 unspecified atom stereocenters. The van der Waals surface area contributed by atoms with Crippen molar-refractivity contribution >= 4 is 43.6 Å². The summed E-state index contributed by atoms with van der Waals surface area (Å²) in [5.74, 6) is 0.801. The third-order valence-electron chi connectivity index (χ3n) is 11.2. The first kappa shape index (κ1) is 32.8. The van der Waals surface area contributed by atoms with E-state index in [9.17, 15) is 0 Å². The lowest BCUT2D eigenvalue weighted by Gasteiger charge is -2.17. The van der Waals surface area contributed by atoms with Gasteiger partial charge in [-0.1, -0.05) is 182 Å². The number of hydrogen-bond acceptors (Lipinski definition) is 2. The van der Waals surface area contributed by atoms with E-state index in [1.807, 2.05) is 0 Å². The van der Waals surface area contributed by atoms with E-state index in [-0.39, 0.29) is 0 Å². The maximum atomic E-state index is 5.63. The smallest absolute Gasteiger partial charge is 0.165 e. The lowest BCUT2D eigenvalue weighted by atomic mass is 9.92. The molecule has 2 aromatic heterocycles. The molecule has 0 amide bonds. The molecule has 9 aromatic carbocycles. The van der Waals surface area contributed by atoms with Crippen LogP contribution in [0.2, 0.25) is 0 Å². The topological polar surface area (TPSA) is 30.7 Å². The number of para-hydroxylation sites is 1. The predicted octanol–water partition coefficient (Wildman–Crippen LogP) is 14.2. The van der Waals surface area contributed by atoms with Crippen LogP contribution in [-0.4, -0.2) is 14.5 Å². The largest absolute Gasteiger partial charge is 0.292 e. The van der Waals surface area contributed by atoms with Crippen molar-refractivity contribution in [2.75, 3.05) is 0 Å². The number of fused-ring (bicyclic) bond motifs is 5. The van der Waals surface area contributed by atoms with Crippen molar-refractivity contribution in [3.05, 3.63) is 212 Å². The minimum Gasteiger partial charge on any atom is -0.292 e. The van der Waals surface area contributed by atoms with Crippen LogP contribution < -0.4 is 0 Å². The van der Waals surface area contributed by atoms with Crippen molar-refractivity contribution < 1.29 is 0 Å². The quantitative estimate of drug-likeness (QED) is 0.171. The van der Waals surface area contributed by atoms with Crippen LogP contribution in [0.25, 0.3) is 105 Å². The minimum atomic E-state index is 0.801. The van der Waals surface area contributed by atoms with E-state index in [0.717, 1.165) is 67.0 Å². The Morgan fingerprint density at radius 3 is 1.35 bits per heavy atom. The Morgan fingerprint density at radius 1 is 0.298 bits per heavy atom. The third-order valence-corrected chi connectivity index (χ3v) is 11.2. The lowest BCUT2D eigenvalue weighted by Crippen LogP contribution is -2.04. The van der Waals surface area contributed by atoms with E-state index in [4.69, 9.17) is 9.97 Å². The van der Waals surface area contributed by atoms with E-state index in [1.54, 1.807) is 0 Å². The number of hydrogen-bond donors (Lipinski definition) is 0. The fourth-order valence-electron chi connectivity index (χ4n) is 8.35. The molecule has 0 spiro atoms. The summed E-state index contributed by atoms with van der Waals surface area (Å²) in [5.41, 5.74) is 14.9. The molecule has 0 fully saturated rings. The number of nitrogens with zero attached hydrogens (tertiary/aromatic N) is 3. The first-order valence-corrected chi connectivity index (χ1v) is 19.4. The Kier molecular flexibility index (Phi) is 7.82. The zero-order valence-electron chi connectivity index (χ0n) is 31.0. The number of benzene rings is 9. The molecule has 3 nitrogen and oxygen atoms in total. The zero-order chi connectivity index (χ0) is 37.7. The molecule has 0 aliphatic rings. The van der Waals surface area contributed by atoms with E-state index < -0.39 is 0 Å². The third kappa shape index (κ3) is 5.76. The maximum absolute atomic E-state index is 5.63. The number of aromatic nitrogens is 3. The van der Waals surface area contributed by atoms with Gasteiger partial charge in [0.25, 0.3) is 0 Å². The summed E-state index contributed by atoms with van der Waals surface area (Å²) in [6, 6.07) is 75.6. The van der Waals surface area contributed by atoms with Crippen molar-refractivity contribution in [2.45, 2.75) is 0 Å². The van der Waals surface area contributed by atoms with Gasteiger partial charge in [-0.2, -0.15) is 0 Å². The van der Waals surface area contributed by atoms with Crippen LogP contribution in [0.15, 0.2) is 212 Å². The normalized spacial score (nSPS) is 11.5. The Hall–Kier alpha value is -7.62. The van der Waals surface area contributed by atoms with Crippen molar-refractivity contribution in [3.63, 3.8) is 0 Å². The van der Waals surface area contributed by atoms with Gasteiger partial charge in [0, 0.05) is 16.3 Å². The summed E-state index contributed by atoms with van der Waals surface area (Å²) < 4.78 is 2.32. The van der Waals surface area contributed by atoms with Gasteiger partial charge >= 0.3 is 0 Å². The molecular formula is C54H35N3. The highest BCUT2D eigenvalue weighted by atomic mass is 15.1. The summed E-state index contributed by atoms with van der Waals surface area (Å²) >= 11 is 0. The Labute approximate surface area is 330 Å². The molecule has 3 heteroatoms. The highest BCUT2D eigenvalue weighted by Crippen LogP contribution is 2.40. The first-order valence-electron chi connectivity index (χ1n) is 19.4. The average Bonchev–Trinajstić information content (AvgIpc) is 3.61. The van der Waals surface area contributed by atoms with Crippen molar-refractivity contribution in [2.24, 2.45) is 0 Å². The Morgan fingerprint density at radius 2 is 0.737 bits per heavy atom. The molecule has 266 valence electrons. The molecule has 0 radical (unpaired) electrons. The fourth-order valence-corrected chi connectivity index (χ4v) is 8.35. The second-order valence-corrected chi connectivity index (χ2v) is 14.6. The summed E-state index contributed by atoms with van der Waals surface area (Å²) in [7, 11) is 0. The van der Waals surface area contributed by atoms with Crippen LogP contribution in [0, 0.1) is 0 Å². The lowest BCUT2D eigenvalue weighted by molar-refractivity contribution is 1.08. The molecule has 2 heterocycles. The van der Waals surface area contributed by atoms with Gasteiger partial charge in [0.1, 0.15) is 5.69 Å². The molecule has 57 heavy (non-hydrogen) atoms. The van der Waals surface area contributed by atoms with Crippen LogP contribution in [0.3, 0.4) is 0 Å². The highest BCUT2D eigenvalue weighted by Gasteiger charge is 2.21. The summed E-state index contributed by atoms with van der Waals surface area (Å²) in [4.78, 5) is 11.2. The van der Waals surface area contributed by atoms with Gasteiger partial charge in [-0.05, 0) is 85.6 Å². The molecule has 0 saturated carbocycles. The zero-order valence-corrected chi connectivity index (χ0v) is 31.0. The van der Waals surface area contributed by atoms with Gasteiger partial charge in [-0.3, -0.25) is 4.57 Å². The van der Waals surface area contributed by atoms with Gasteiger partial charge in [0.15, 0.2) is 5.82 Å². The van der Waals surface area contributed by atoms with Gasteiger partial charge in [-0.15, -0.1) is 0 Å². The average molecular weight is 726 g/mol. The van der Waals surface area contributed by atoms with Gasteiger partial charge in [0.05, 0.1) is 22.1 Å². The van der Waals surface area contributed by atoms with Gasteiger partial charge in [0.2, 0.25) is 0 Å². The van der Waals surface area contributed by atoms with Crippen LogP contribution in [0.1, 0.15) is 0 Å². The minimum absolute atomic E-state index is 0.801. The summed E-state index contributed by atoms with van der Waals surface area (Å²) in [6.45, 7) is 0. The van der Waals surface area contributed by atoms with Crippen LogP contribution >= 0.6 is 0 Å². The molecule has 0 aliphatic carbocycles. The highest BCUT2D eigenvalue weighted by molar-refractivity contribution is 6.14. The first-order chi connectivity index (χ1) is 28.2. The maximum Gasteiger partial charge on any atom is 0.165 e. The fraction of sp³-hybridized carbons (Fsp3) is 0. The van der Waals surface area contributed by atoms with Gasteiger partial charge < -0.3 is 0 Å². The van der Waals surface area contributed by atoms with E-state index in [1.165, 1.54) is 38.2 Å². The van der Waals surface area contributed by atoms with Crippen LogP contribution in [0.5, 0.6) is 0 Å².